The molecule has 0 aliphatic carbocycles. The summed E-state index contributed by atoms with van der Waals surface area (Å²) in [5.74, 6) is 2.60. The maximum Gasteiger partial charge on any atom is -0.0132 e. The third-order valence-electron chi connectivity index (χ3n) is 5.70. The Hall–Kier alpha value is -1.56. The molecule has 2 rings (SSSR count). The molecule has 0 saturated heterocycles. The van der Waals surface area contributed by atoms with Crippen molar-refractivity contribution in [2.24, 2.45) is 23.2 Å². The number of benzene rings is 2. The van der Waals surface area contributed by atoms with E-state index < -0.39 is 0 Å². The molecule has 0 aliphatic heterocycles. The monoisotopic (exact) mass is 735 g/mol. The van der Waals surface area contributed by atoms with Gasteiger partial charge in [-0.05, 0) is 48.0 Å². The van der Waals surface area contributed by atoms with Crippen LogP contribution in [0.3, 0.4) is 0 Å². The highest BCUT2D eigenvalue weighted by Crippen LogP contribution is 2.21. The Balaban J connectivity index is -0.0000000584. The highest BCUT2D eigenvalue weighted by Gasteiger charge is 2.11. The van der Waals surface area contributed by atoms with E-state index in [9.17, 15) is 0 Å². The largest absolute Gasteiger partial charge is 0.0776 e. The molecule has 0 spiro atoms. The molecule has 0 atom stereocenters. The summed E-state index contributed by atoms with van der Waals surface area (Å²) >= 11 is 0. The van der Waals surface area contributed by atoms with Gasteiger partial charge in [0.15, 0.2) is 0 Å². The van der Waals surface area contributed by atoms with Crippen molar-refractivity contribution in [2.75, 3.05) is 0 Å². The van der Waals surface area contributed by atoms with Gasteiger partial charge < -0.3 is 0 Å². The van der Waals surface area contributed by atoms with Crippen LogP contribution in [0.5, 0.6) is 0 Å². The van der Waals surface area contributed by atoms with Crippen LogP contribution in [0, 0.1) is 37.0 Å². The molecule has 0 fully saturated rings. The van der Waals surface area contributed by atoms with E-state index in [-0.39, 0.29) is 12.8 Å². The second-order valence-corrected chi connectivity index (χ2v) is 17.2. The summed E-state index contributed by atoms with van der Waals surface area (Å²) in [6.07, 6.45) is 10.6. The number of aryl methyl sites for hydroxylation is 2. The van der Waals surface area contributed by atoms with E-state index in [2.05, 4.69) is 203 Å². The molecule has 0 unspecified atom stereocenters. The molecule has 2 aromatic carbocycles. The average Bonchev–Trinajstić information content (AvgIpc) is 3.03. The Morgan fingerprint density at radius 1 is 0.462 bits per heavy atom. The molecule has 0 heterocycles. The Kier molecular flexibility index (Phi) is 77.6. The van der Waals surface area contributed by atoms with Gasteiger partial charge in [0, 0.05) is 0 Å². The zero-order valence-electron chi connectivity index (χ0n) is 41.1. The van der Waals surface area contributed by atoms with Crippen LogP contribution in [0.2, 0.25) is 0 Å². The summed E-state index contributed by atoms with van der Waals surface area (Å²) in [5.41, 5.74) is 4.84. The minimum atomic E-state index is 0. The Morgan fingerprint density at radius 2 is 0.692 bits per heavy atom. The smallest absolute Gasteiger partial charge is 0.0132 e. The van der Waals surface area contributed by atoms with Gasteiger partial charge in [-0.1, -0.05) is 291 Å². The van der Waals surface area contributed by atoms with E-state index in [0.29, 0.717) is 5.41 Å². The molecule has 0 aromatic heterocycles. The van der Waals surface area contributed by atoms with E-state index in [1.54, 1.807) is 0 Å². The fraction of sp³-hybridized carbons (Fsp3) is 0.769. The van der Waals surface area contributed by atoms with Crippen LogP contribution in [0.25, 0.3) is 0 Å². The van der Waals surface area contributed by atoms with Crippen LogP contribution >= 0.6 is 0 Å². The number of unbranched alkanes of at least 4 members (excludes halogenated alkanes) is 3. The van der Waals surface area contributed by atoms with Crippen molar-refractivity contribution in [3.8, 4) is 0 Å². The molecule has 0 heteroatoms. The number of rotatable bonds is 5. The van der Waals surface area contributed by atoms with Crippen LogP contribution in [0.4, 0.5) is 0 Å². The third kappa shape index (κ3) is 126. The average molecular weight is 735 g/mol. The molecular formula is C52H110. The molecule has 52 heavy (non-hydrogen) atoms. The van der Waals surface area contributed by atoms with Gasteiger partial charge in [-0.3, -0.25) is 0 Å². The van der Waals surface area contributed by atoms with Crippen molar-refractivity contribution in [3.63, 3.8) is 0 Å². The van der Waals surface area contributed by atoms with Crippen molar-refractivity contribution in [3.05, 3.63) is 71.3 Å². The minimum absolute atomic E-state index is 0. The maximum atomic E-state index is 2.23. The molecule has 0 nitrogen and oxygen atoms in total. The molecule has 0 saturated carbocycles. The van der Waals surface area contributed by atoms with E-state index in [4.69, 9.17) is 0 Å². The highest BCUT2D eigenvalue weighted by molar-refractivity contribution is 5.26. The number of hydrogen-bond acceptors (Lipinski definition) is 0. The third-order valence-corrected chi connectivity index (χ3v) is 5.70. The van der Waals surface area contributed by atoms with E-state index in [1.807, 2.05) is 32.0 Å². The first kappa shape index (κ1) is 71.8. The molecule has 2 aromatic rings. The summed E-state index contributed by atoms with van der Waals surface area (Å²) in [6.45, 7) is 56.5. The lowest BCUT2D eigenvalue weighted by Crippen LogP contribution is -2.10. The van der Waals surface area contributed by atoms with Gasteiger partial charge >= 0.3 is 0 Å². The number of hydrogen-bond donors (Lipinski definition) is 0. The first-order chi connectivity index (χ1) is 23.4. The fourth-order valence-corrected chi connectivity index (χ4v) is 1.94. The van der Waals surface area contributed by atoms with Crippen molar-refractivity contribution in [2.45, 2.75) is 244 Å². The summed E-state index contributed by atoms with van der Waals surface area (Å²) in [4.78, 5) is 0. The molecule has 318 valence electrons. The van der Waals surface area contributed by atoms with Gasteiger partial charge in [-0.2, -0.15) is 0 Å². The maximum absolute atomic E-state index is 2.23. The lowest BCUT2D eigenvalue weighted by Gasteiger charge is -2.18. The van der Waals surface area contributed by atoms with E-state index >= 15 is 0 Å². The van der Waals surface area contributed by atoms with Crippen molar-refractivity contribution >= 4 is 0 Å². The van der Waals surface area contributed by atoms with Crippen molar-refractivity contribution < 1.29 is 0 Å². The molecular weight excluding hydrogens is 625 g/mol. The van der Waals surface area contributed by atoms with Gasteiger partial charge in [0.1, 0.15) is 0 Å². The standard InChI is InChI=1S/C11H16.C7H8.4C5H12.2C4H10.C3H8.C2H6.CH4/c1-9-5-7-10(8-6-9)11(2,3)4;1-7-5-3-2-4-6-7;1-5(2,3)4;2*1-4-5(2)3;1-3-5-4-2;1-4(2)3;1-3-4-2;1-3-2;1-2;/h5-8H,1-4H3;2-6H,1H3;1-4H3;2*5H,4H2,1-3H3;3-5H2,1-2H3;4H,1-3H3;3-4H2,1-2H3;3H2,1-2H3;1-2H3;1H4. The van der Waals surface area contributed by atoms with Crippen LogP contribution in [-0.2, 0) is 5.41 Å². The summed E-state index contributed by atoms with van der Waals surface area (Å²) in [6, 6.07) is 19.0. The molecule has 0 amide bonds. The zero-order chi connectivity index (χ0) is 42.5. The van der Waals surface area contributed by atoms with Crippen LogP contribution in [0.1, 0.15) is 242 Å². The van der Waals surface area contributed by atoms with Crippen LogP contribution < -0.4 is 0 Å². The van der Waals surface area contributed by atoms with Gasteiger partial charge in [-0.15, -0.1) is 0 Å². The lowest BCUT2D eigenvalue weighted by atomic mass is 9.87. The SMILES string of the molecule is C.CC.CC(C)(C)C.CC(C)C.CCC.CCC(C)C.CCC(C)C.CCCC.CCCCC.Cc1ccc(C(C)(C)C)cc1.Cc1ccccc1. The fourth-order valence-electron chi connectivity index (χ4n) is 1.94. The first-order valence-corrected chi connectivity index (χ1v) is 21.5. The quantitative estimate of drug-likeness (QED) is 0.287. The normalized spacial score (nSPS) is 9.17. The van der Waals surface area contributed by atoms with Gasteiger partial charge in [0.2, 0.25) is 0 Å². The molecule has 0 radical (unpaired) electrons. The Labute approximate surface area is 337 Å². The van der Waals surface area contributed by atoms with Gasteiger partial charge in [-0.25, -0.2) is 0 Å². The Morgan fingerprint density at radius 3 is 0.808 bits per heavy atom. The lowest BCUT2D eigenvalue weighted by molar-refractivity contribution is 0.469. The zero-order valence-corrected chi connectivity index (χ0v) is 41.1. The second kappa shape index (κ2) is 56.2. The van der Waals surface area contributed by atoms with Crippen LogP contribution in [0.15, 0.2) is 54.6 Å². The minimum Gasteiger partial charge on any atom is -0.0776 e. The summed E-state index contributed by atoms with van der Waals surface area (Å²) in [7, 11) is 0. The van der Waals surface area contributed by atoms with Crippen LogP contribution in [-0.4, -0.2) is 0 Å². The van der Waals surface area contributed by atoms with E-state index in [1.165, 1.54) is 68.1 Å². The first-order valence-electron chi connectivity index (χ1n) is 21.5. The summed E-state index contributed by atoms with van der Waals surface area (Å²) < 4.78 is 0. The second-order valence-electron chi connectivity index (χ2n) is 17.2. The predicted octanol–water partition coefficient (Wildman–Crippen LogP) is 20.2. The topological polar surface area (TPSA) is 0 Å². The predicted molar refractivity (Wildman–Crippen MR) is 257 cm³/mol. The molecule has 0 aliphatic rings. The van der Waals surface area contributed by atoms with Gasteiger partial charge in [0.25, 0.3) is 0 Å². The molecule has 0 bridgehead atoms. The van der Waals surface area contributed by atoms with Gasteiger partial charge in [0.05, 0.1) is 0 Å². The van der Waals surface area contributed by atoms with Crippen molar-refractivity contribution in [1.29, 1.82) is 0 Å². The Bertz CT molecular complexity index is 743. The summed E-state index contributed by atoms with van der Waals surface area (Å²) in [5, 5.41) is 0. The van der Waals surface area contributed by atoms with Crippen molar-refractivity contribution in [1.82, 2.24) is 0 Å². The van der Waals surface area contributed by atoms with E-state index in [0.717, 1.165) is 17.8 Å². The molecule has 0 N–H and O–H groups in total. The highest BCUT2D eigenvalue weighted by atomic mass is 14.2.